The van der Waals surface area contributed by atoms with Gasteiger partial charge in [-0.1, -0.05) is 39.0 Å². The zero-order valence-corrected chi connectivity index (χ0v) is 17.8. The molecule has 2 atom stereocenters. The van der Waals surface area contributed by atoms with Crippen LogP contribution in [-0.2, 0) is 9.53 Å². The third-order valence-corrected chi connectivity index (χ3v) is 4.13. The van der Waals surface area contributed by atoms with Crippen LogP contribution in [0, 0.1) is 0 Å². The van der Waals surface area contributed by atoms with Crippen LogP contribution in [0.1, 0.15) is 58.3 Å². The van der Waals surface area contributed by atoms with Gasteiger partial charge in [0.15, 0.2) is 5.96 Å². The lowest BCUT2D eigenvalue weighted by molar-refractivity contribution is -0.140. The van der Waals surface area contributed by atoms with Crippen molar-refractivity contribution in [1.82, 2.24) is 10.2 Å². The molecule has 1 fully saturated rings. The molecule has 0 aromatic carbocycles. The van der Waals surface area contributed by atoms with Gasteiger partial charge in [-0.2, -0.15) is 0 Å². The first-order chi connectivity index (χ1) is 11.0. The number of aliphatic imine (C=N–C) groups is 1. The van der Waals surface area contributed by atoms with Gasteiger partial charge in [0.25, 0.3) is 5.91 Å². The van der Waals surface area contributed by atoms with E-state index in [2.05, 4.69) is 17.2 Å². The predicted octanol–water partition coefficient (Wildman–Crippen LogP) is 2.51. The van der Waals surface area contributed by atoms with Crippen molar-refractivity contribution < 1.29 is 9.53 Å². The molecule has 24 heavy (non-hydrogen) atoms. The minimum Gasteiger partial charge on any atom is -0.370 e. The quantitative estimate of drug-likeness (QED) is 0.230. The SMILES string of the molecule is CCCCCCCCNC(N)=NCC1CCC(C(=O)N(C)C)O1.I. The number of unbranched alkanes of at least 4 members (excludes halogenated alkanes) is 5. The summed E-state index contributed by atoms with van der Waals surface area (Å²) >= 11 is 0. The molecule has 6 nitrogen and oxygen atoms in total. The number of carbonyl (C=O) groups excluding carboxylic acids is 1. The molecule has 0 aromatic rings. The Hall–Kier alpha value is -0.570. The van der Waals surface area contributed by atoms with Crippen LogP contribution in [0.5, 0.6) is 0 Å². The highest BCUT2D eigenvalue weighted by molar-refractivity contribution is 14.0. The van der Waals surface area contributed by atoms with Crippen molar-refractivity contribution in [3.8, 4) is 0 Å². The molecule has 1 rings (SSSR count). The number of carbonyl (C=O) groups is 1. The number of hydrogen-bond acceptors (Lipinski definition) is 3. The van der Waals surface area contributed by atoms with E-state index in [4.69, 9.17) is 10.5 Å². The fourth-order valence-electron chi connectivity index (χ4n) is 2.69. The minimum atomic E-state index is -0.317. The van der Waals surface area contributed by atoms with E-state index < -0.39 is 0 Å². The summed E-state index contributed by atoms with van der Waals surface area (Å²) in [4.78, 5) is 17.7. The second kappa shape index (κ2) is 13.7. The second-order valence-electron chi connectivity index (χ2n) is 6.48. The van der Waals surface area contributed by atoms with Crippen molar-refractivity contribution in [2.45, 2.75) is 70.5 Å². The van der Waals surface area contributed by atoms with Crippen LogP contribution in [0.4, 0.5) is 0 Å². The van der Waals surface area contributed by atoms with Crippen LogP contribution >= 0.6 is 24.0 Å². The fraction of sp³-hybridized carbons (Fsp3) is 0.882. The molecule has 0 bridgehead atoms. The van der Waals surface area contributed by atoms with E-state index in [1.165, 1.54) is 32.1 Å². The number of hydrogen-bond donors (Lipinski definition) is 2. The maximum Gasteiger partial charge on any atom is 0.251 e. The molecule has 1 aliphatic heterocycles. The molecule has 0 radical (unpaired) electrons. The molecule has 1 aliphatic rings. The number of rotatable bonds is 10. The van der Waals surface area contributed by atoms with Crippen LogP contribution in [-0.4, -0.2) is 56.2 Å². The van der Waals surface area contributed by atoms with Crippen LogP contribution in [0.3, 0.4) is 0 Å². The monoisotopic (exact) mass is 454 g/mol. The molecule has 1 heterocycles. The third-order valence-electron chi connectivity index (χ3n) is 4.13. The molecule has 3 N–H and O–H groups in total. The Labute approximate surface area is 164 Å². The maximum absolute atomic E-state index is 11.8. The molecule has 0 aliphatic carbocycles. The average Bonchev–Trinajstić information content (AvgIpc) is 3.00. The Morgan fingerprint density at radius 3 is 2.54 bits per heavy atom. The van der Waals surface area contributed by atoms with Gasteiger partial charge < -0.3 is 20.7 Å². The summed E-state index contributed by atoms with van der Waals surface area (Å²) in [6.07, 6.45) is 8.90. The van der Waals surface area contributed by atoms with Crippen molar-refractivity contribution in [3.05, 3.63) is 0 Å². The Morgan fingerprint density at radius 2 is 1.88 bits per heavy atom. The fourth-order valence-corrected chi connectivity index (χ4v) is 2.69. The van der Waals surface area contributed by atoms with Gasteiger partial charge in [0.2, 0.25) is 0 Å². The predicted molar refractivity (Wildman–Crippen MR) is 110 cm³/mol. The van der Waals surface area contributed by atoms with E-state index >= 15 is 0 Å². The summed E-state index contributed by atoms with van der Waals surface area (Å²) < 4.78 is 5.73. The van der Waals surface area contributed by atoms with Gasteiger partial charge >= 0.3 is 0 Å². The van der Waals surface area contributed by atoms with Crippen LogP contribution in [0.15, 0.2) is 4.99 Å². The van der Waals surface area contributed by atoms with Gasteiger partial charge in [-0.25, -0.2) is 0 Å². The molecular weight excluding hydrogens is 419 g/mol. The summed E-state index contributed by atoms with van der Waals surface area (Å²) in [5.74, 6) is 0.509. The second-order valence-corrected chi connectivity index (χ2v) is 6.48. The van der Waals surface area contributed by atoms with Gasteiger partial charge in [-0.05, 0) is 19.3 Å². The van der Waals surface area contributed by atoms with E-state index in [0.717, 1.165) is 25.8 Å². The van der Waals surface area contributed by atoms with Gasteiger partial charge in [0.05, 0.1) is 12.6 Å². The van der Waals surface area contributed by atoms with E-state index in [9.17, 15) is 4.79 Å². The molecule has 2 unspecified atom stereocenters. The first-order valence-corrected chi connectivity index (χ1v) is 8.95. The van der Waals surface area contributed by atoms with Crippen molar-refractivity contribution in [2.75, 3.05) is 27.2 Å². The summed E-state index contributed by atoms with van der Waals surface area (Å²) in [5.41, 5.74) is 5.87. The van der Waals surface area contributed by atoms with Crippen molar-refractivity contribution in [3.63, 3.8) is 0 Å². The molecular formula is C17H35IN4O2. The van der Waals surface area contributed by atoms with Crippen LogP contribution < -0.4 is 11.1 Å². The molecule has 7 heteroatoms. The topological polar surface area (TPSA) is 79.9 Å². The maximum atomic E-state index is 11.8. The molecule has 0 aromatic heterocycles. The lowest BCUT2D eigenvalue weighted by Crippen LogP contribution is -2.35. The lowest BCUT2D eigenvalue weighted by Gasteiger charge is -2.16. The van der Waals surface area contributed by atoms with Crippen molar-refractivity contribution >= 4 is 35.8 Å². The van der Waals surface area contributed by atoms with E-state index in [-0.39, 0.29) is 42.1 Å². The number of nitrogens with one attached hydrogen (secondary N) is 1. The Bertz CT molecular complexity index is 378. The summed E-state index contributed by atoms with van der Waals surface area (Å²) in [6.45, 7) is 3.62. The van der Waals surface area contributed by atoms with E-state index in [0.29, 0.717) is 12.5 Å². The van der Waals surface area contributed by atoms with Crippen molar-refractivity contribution in [1.29, 1.82) is 0 Å². The zero-order valence-electron chi connectivity index (χ0n) is 15.4. The van der Waals surface area contributed by atoms with Gasteiger partial charge in [0.1, 0.15) is 6.10 Å². The third kappa shape index (κ3) is 9.66. The molecule has 0 spiro atoms. The molecule has 142 valence electrons. The largest absolute Gasteiger partial charge is 0.370 e. The van der Waals surface area contributed by atoms with Gasteiger partial charge in [0, 0.05) is 20.6 Å². The Balaban J connectivity index is 0.00000529. The number of likely N-dealkylation sites (N-methyl/N-ethyl adjacent to an activating group) is 1. The summed E-state index contributed by atoms with van der Waals surface area (Å²) in [6, 6.07) is 0. The van der Waals surface area contributed by atoms with Crippen LogP contribution in [0.25, 0.3) is 0 Å². The normalized spacial score (nSPS) is 20.5. The van der Waals surface area contributed by atoms with E-state index in [1.807, 2.05) is 0 Å². The number of nitrogens with zero attached hydrogens (tertiary/aromatic N) is 2. The first-order valence-electron chi connectivity index (χ1n) is 8.95. The average molecular weight is 454 g/mol. The summed E-state index contributed by atoms with van der Waals surface area (Å²) in [5, 5.41) is 3.15. The zero-order chi connectivity index (χ0) is 17.1. The smallest absolute Gasteiger partial charge is 0.251 e. The number of ether oxygens (including phenoxy) is 1. The Morgan fingerprint density at radius 1 is 1.21 bits per heavy atom. The number of nitrogens with two attached hydrogens (primary N) is 1. The first kappa shape index (κ1) is 23.4. The molecule has 1 amide bonds. The molecule has 0 saturated carbocycles. The number of halogens is 1. The highest BCUT2D eigenvalue weighted by Crippen LogP contribution is 2.21. The van der Waals surface area contributed by atoms with E-state index in [1.54, 1.807) is 19.0 Å². The lowest BCUT2D eigenvalue weighted by atomic mass is 10.1. The molecule has 1 saturated heterocycles. The highest BCUT2D eigenvalue weighted by atomic mass is 127. The number of amides is 1. The highest BCUT2D eigenvalue weighted by Gasteiger charge is 2.31. The van der Waals surface area contributed by atoms with Gasteiger partial charge in [-0.15, -0.1) is 24.0 Å². The number of guanidine groups is 1. The van der Waals surface area contributed by atoms with Crippen molar-refractivity contribution in [2.24, 2.45) is 10.7 Å². The summed E-state index contributed by atoms with van der Waals surface area (Å²) in [7, 11) is 3.50. The minimum absolute atomic E-state index is 0. The van der Waals surface area contributed by atoms with Crippen LogP contribution in [0.2, 0.25) is 0 Å². The standard InChI is InChI=1S/C17H34N4O2.HI/c1-4-5-6-7-8-9-12-19-17(18)20-13-14-10-11-15(23-14)16(22)21(2)3;/h14-15H,4-13H2,1-3H3,(H3,18,19,20);1H. The Kier molecular flexibility index (Phi) is 13.4. The van der Waals surface area contributed by atoms with Gasteiger partial charge in [-0.3, -0.25) is 9.79 Å².